The number of nitrogens with zero attached hydrogens (tertiary/aromatic N) is 5. The fourth-order valence-electron chi connectivity index (χ4n) is 5.93. The van der Waals surface area contributed by atoms with Gasteiger partial charge in [-0.05, 0) is 31.7 Å². The maximum absolute atomic E-state index is 14.5. The van der Waals surface area contributed by atoms with Crippen LogP contribution in [0.15, 0.2) is 48.4 Å². The highest BCUT2D eigenvalue weighted by atomic mass is 35.5. The molecule has 13 nitrogen and oxygen atoms in total. The van der Waals surface area contributed by atoms with Crippen molar-refractivity contribution < 1.29 is 23.8 Å². The highest BCUT2D eigenvalue weighted by Gasteiger charge is 2.31. The molecule has 15 heteroatoms. The molecule has 3 aromatic rings. The van der Waals surface area contributed by atoms with E-state index in [1.54, 1.807) is 27.8 Å². The Morgan fingerprint density at radius 1 is 1.09 bits per heavy atom. The van der Waals surface area contributed by atoms with Crippen molar-refractivity contribution >= 4 is 52.0 Å². The van der Waals surface area contributed by atoms with Gasteiger partial charge in [0.15, 0.2) is 0 Å². The summed E-state index contributed by atoms with van der Waals surface area (Å²) in [7, 11) is 4.91. The molecule has 250 valence electrons. The molecule has 0 aliphatic carbocycles. The normalized spacial score (nSPS) is 19.8. The number of carbonyl (C=O) groups is 2. The maximum Gasteiger partial charge on any atom is 0.260 e. The third kappa shape index (κ3) is 7.08. The minimum atomic E-state index is -0.410. The van der Waals surface area contributed by atoms with Crippen molar-refractivity contribution in [2.45, 2.75) is 31.1 Å². The Hall–Kier alpha value is -4.17. The number of fused-ring (bicyclic) bond motifs is 1. The molecule has 2 aromatic heterocycles. The number of aryl methyl sites for hydroxylation is 1. The van der Waals surface area contributed by atoms with Crippen LogP contribution in [-0.4, -0.2) is 108 Å². The van der Waals surface area contributed by atoms with Crippen molar-refractivity contribution in [1.82, 2.24) is 29.7 Å². The summed E-state index contributed by atoms with van der Waals surface area (Å²) in [6.45, 7) is 9.89. The zero-order chi connectivity index (χ0) is 33.8. The first kappa shape index (κ1) is 34.2. The van der Waals surface area contributed by atoms with Gasteiger partial charge in [-0.1, -0.05) is 36.4 Å². The van der Waals surface area contributed by atoms with Gasteiger partial charge in [0.2, 0.25) is 17.8 Å². The van der Waals surface area contributed by atoms with Crippen LogP contribution in [0, 0.1) is 0 Å². The number of likely N-dealkylation sites (N-methyl/N-ethyl adjacent to an activating group) is 1. The predicted octanol–water partition coefficient (Wildman–Crippen LogP) is 2.98. The van der Waals surface area contributed by atoms with E-state index in [2.05, 4.69) is 33.7 Å². The summed E-state index contributed by atoms with van der Waals surface area (Å²) in [5.41, 5.74) is 0.393. The van der Waals surface area contributed by atoms with Crippen LogP contribution >= 0.6 is 23.2 Å². The Kier molecular flexibility index (Phi) is 10.7. The molecule has 3 atom stereocenters. The van der Waals surface area contributed by atoms with Crippen LogP contribution in [0.5, 0.6) is 11.5 Å². The second-order valence-electron chi connectivity index (χ2n) is 11.3. The largest absolute Gasteiger partial charge is 0.495 e. The Morgan fingerprint density at radius 2 is 1.79 bits per heavy atom. The summed E-state index contributed by atoms with van der Waals surface area (Å²) >= 11 is 13.5. The SMILES string of the molecule is C=CC(=O)N[C@H]1COC[C@H]1Nc1ncc2cc(-c3c(Cl)c(OC)cc(OC)c3Cl)c(=O)n(CCC3CN(C)CCN3C(=O)C=C)c2n1. The van der Waals surface area contributed by atoms with Crippen molar-refractivity contribution in [2.75, 3.05) is 59.4 Å². The lowest BCUT2D eigenvalue weighted by Gasteiger charge is -2.39. The number of anilines is 1. The molecule has 0 bridgehead atoms. The van der Waals surface area contributed by atoms with E-state index in [4.69, 9.17) is 42.4 Å². The van der Waals surface area contributed by atoms with Crippen LogP contribution in [0.2, 0.25) is 10.0 Å². The number of carbonyl (C=O) groups excluding carboxylic acids is 2. The van der Waals surface area contributed by atoms with Crippen LogP contribution in [-0.2, 0) is 20.9 Å². The second kappa shape index (κ2) is 14.7. The van der Waals surface area contributed by atoms with Crippen molar-refractivity contribution in [3.05, 3.63) is 64.0 Å². The molecule has 2 fully saturated rings. The van der Waals surface area contributed by atoms with Crippen LogP contribution < -0.4 is 25.7 Å². The molecular formula is C32H37Cl2N7O6. The molecule has 1 unspecified atom stereocenters. The number of methoxy groups -OCH3 is 2. The van der Waals surface area contributed by atoms with E-state index in [9.17, 15) is 14.4 Å². The van der Waals surface area contributed by atoms with Crippen molar-refractivity contribution in [3.63, 3.8) is 0 Å². The highest BCUT2D eigenvalue weighted by Crippen LogP contribution is 2.45. The van der Waals surface area contributed by atoms with E-state index in [0.29, 0.717) is 43.8 Å². The number of nitrogens with one attached hydrogen (secondary N) is 2. The number of hydrogen-bond acceptors (Lipinski definition) is 10. The van der Waals surface area contributed by atoms with Gasteiger partial charge in [-0.25, -0.2) is 4.98 Å². The summed E-state index contributed by atoms with van der Waals surface area (Å²) in [5, 5.41) is 6.91. The summed E-state index contributed by atoms with van der Waals surface area (Å²) in [6, 6.07) is 2.34. The minimum absolute atomic E-state index is 0.144. The molecule has 0 spiro atoms. The van der Waals surface area contributed by atoms with Crippen molar-refractivity contribution in [3.8, 4) is 22.6 Å². The minimum Gasteiger partial charge on any atom is -0.495 e. The maximum atomic E-state index is 14.5. The number of halogens is 2. The van der Waals surface area contributed by atoms with E-state index in [1.807, 2.05) is 7.05 Å². The molecule has 1 aromatic carbocycles. The molecule has 0 saturated carbocycles. The van der Waals surface area contributed by atoms with Gasteiger partial charge in [0, 0.05) is 55.4 Å². The van der Waals surface area contributed by atoms with Crippen molar-refractivity contribution in [1.29, 1.82) is 0 Å². The van der Waals surface area contributed by atoms with E-state index < -0.39 is 5.56 Å². The Bertz CT molecular complexity index is 1740. The van der Waals surface area contributed by atoms with Gasteiger partial charge in [0.05, 0.1) is 55.1 Å². The molecule has 5 rings (SSSR count). The number of pyridine rings is 1. The monoisotopic (exact) mass is 685 g/mol. The van der Waals surface area contributed by atoms with E-state index in [0.717, 1.165) is 6.54 Å². The summed E-state index contributed by atoms with van der Waals surface area (Å²) in [4.78, 5) is 52.3. The smallest absolute Gasteiger partial charge is 0.260 e. The van der Waals surface area contributed by atoms with Gasteiger partial charge in [-0.15, -0.1) is 0 Å². The second-order valence-corrected chi connectivity index (χ2v) is 12.1. The quantitative estimate of drug-likeness (QED) is 0.290. The zero-order valence-electron chi connectivity index (χ0n) is 26.4. The van der Waals surface area contributed by atoms with E-state index in [1.165, 1.54) is 26.4 Å². The number of hydrogen-bond donors (Lipinski definition) is 2. The van der Waals surface area contributed by atoms with Crippen LogP contribution in [0.4, 0.5) is 5.95 Å². The molecule has 0 radical (unpaired) electrons. The topological polar surface area (TPSA) is 140 Å². The molecule has 2 N–H and O–H groups in total. The third-order valence-electron chi connectivity index (χ3n) is 8.41. The summed E-state index contributed by atoms with van der Waals surface area (Å²) in [5.74, 6) is 0.321. The first-order valence-electron chi connectivity index (χ1n) is 15.0. The van der Waals surface area contributed by atoms with Crippen LogP contribution in [0.1, 0.15) is 6.42 Å². The molecule has 2 aliphatic rings. The average molecular weight is 687 g/mol. The van der Waals surface area contributed by atoms with Gasteiger partial charge in [-0.3, -0.25) is 19.0 Å². The predicted molar refractivity (Wildman–Crippen MR) is 181 cm³/mol. The van der Waals surface area contributed by atoms with Gasteiger partial charge >= 0.3 is 0 Å². The molecule has 4 heterocycles. The summed E-state index contributed by atoms with van der Waals surface area (Å²) in [6.07, 6.45) is 4.55. The first-order chi connectivity index (χ1) is 22.6. The van der Waals surface area contributed by atoms with Crippen molar-refractivity contribution in [2.24, 2.45) is 0 Å². The highest BCUT2D eigenvalue weighted by molar-refractivity contribution is 6.41. The zero-order valence-corrected chi connectivity index (χ0v) is 27.9. The van der Waals surface area contributed by atoms with Crippen LogP contribution in [0.3, 0.4) is 0 Å². The number of benzene rings is 1. The number of amides is 2. The fraction of sp³-hybridized carbons (Fsp3) is 0.406. The van der Waals surface area contributed by atoms with Gasteiger partial charge < -0.3 is 34.6 Å². The Morgan fingerprint density at radius 3 is 2.45 bits per heavy atom. The fourth-order valence-corrected chi connectivity index (χ4v) is 6.63. The van der Waals surface area contributed by atoms with E-state index in [-0.39, 0.29) is 75.1 Å². The van der Waals surface area contributed by atoms with E-state index >= 15 is 0 Å². The molecule has 2 saturated heterocycles. The standard InChI is InChI=1S/C32H37Cl2N7O6/c1-6-25(42)36-21-16-47-17-22(21)37-32-35-14-18-12-20(27-28(33)23(45-4)13-24(46-5)29(27)34)31(44)41(30(18)38-32)9-8-19-15-39(3)10-11-40(19)26(43)7-2/h6-7,12-14,19,21-22H,1-2,8-11,15-17H2,3-5H3,(H,36,42)(H,35,37,38)/t19?,21-,22+/m0/s1. The molecule has 2 amide bonds. The third-order valence-corrected chi connectivity index (χ3v) is 9.16. The summed E-state index contributed by atoms with van der Waals surface area (Å²) < 4.78 is 18.0. The van der Waals surface area contributed by atoms with Gasteiger partial charge in [0.25, 0.3) is 5.56 Å². The number of rotatable bonds is 11. The molecular weight excluding hydrogens is 649 g/mol. The molecule has 2 aliphatic heterocycles. The lowest BCUT2D eigenvalue weighted by Crippen LogP contribution is -2.54. The number of ether oxygens (including phenoxy) is 3. The van der Waals surface area contributed by atoms with Gasteiger partial charge in [0.1, 0.15) is 17.1 Å². The molecule has 47 heavy (non-hydrogen) atoms. The lowest BCUT2D eigenvalue weighted by atomic mass is 10.0. The Labute approximate surface area is 282 Å². The van der Waals surface area contributed by atoms with Gasteiger partial charge in [-0.2, -0.15) is 4.98 Å². The number of aromatic nitrogens is 3. The number of piperazine rings is 1. The lowest BCUT2D eigenvalue weighted by molar-refractivity contribution is -0.130. The van der Waals surface area contributed by atoms with Crippen LogP contribution in [0.25, 0.3) is 22.2 Å². The first-order valence-corrected chi connectivity index (χ1v) is 15.7. The average Bonchev–Trinajstić information content (AvgIpc) is 3.50. The Balaban J connectivity index is 1.61.